The Hall–Kier alpha value is -1.51. The van der Waals surface area contributed by atoms with Crippen molar-refractivity contribution in [2.24, 2.45) is 4.99 Å². The van der Waals surface area contributed by atoms with Crippen LogP contribution in [0.2, 0.25) is 0 Å². The third kappa shape index (κ3) is 11.3. The van der Waals surface area contributed by atoms with Crippen LogP contribution in [-0.2, 0) is 14.8 Å². The highest BCUT2D eigenvalue weighted by atomic mass is 127. The van der Waals surface area contributed by atoms with Crippen LogP contribution in [0.25, 0.3) is 0 Å². The van der Waals surface area contributed by atoms with Gasteiger partial charge in [-0.3, -0.25) is 15.1 Å². The summed E-state index contributed by atoms with van der Waals surface area (Å²) in [4.78, 5) is 14.1. The predicted molar refractivity (Wildman–Crippen MR) is 123 cm³/mol. The summed E-state index contributed by atoms with van der Waals surface area (Å²) in [5.41, 5.74) is -0.274. The predicted octanol–water partition coefficient (Wildman–Crippen LogP) is 1.86. The summed E-state index contributed by atoms with van der Waals surface area (Å²) in [5.74, 6) is 0.558. The molecule has 0 radical (unpaired) electrons. The van der Waals surface area contributed by atoms with Gasteiger partial charge in [-0.1, -0.05) is 19.4 Å². The number of sulfonamides is 1. The molecule has 0 spiro atoms. The van der Waals surface area contributed by atoms with Crippen molar-refractivity contribution in [3.63, 3.8) is 0 Å². The van der Waals surface area contributed by atoms with Crippen molar-refractivity contribution < 1.29 is 18.1 Å². The van der Waals surface area contributed by atoms with Crippen LogP contribution in [0.15, 0.2) is 34.2 Å². The Balaban J connectivity index is 0.00000784. The average molecular weight is 543 g/mol. The molecule has 12 heteroatoms. The first-order chi connectivity index (χ1) is 13.4. The topological polar surface area (TPSA) is 135 Å². The van der Waals surface area contributed by atoms with Crippen LogP contribution in [0.3, 0.4) is 0 Å². The molecule has 0 aliphatic heterocycles. The lowest BCUT2D eigenvalue weighted by atomic mass is 10.3. The molecule has 166 valence electrons. The smallest absolute Gasteiger partial charge is 0.270 e. The van der Waals surface area contributed by atoms with Crippen LogP contribution >= 0.6 is 24.0 Å². The minimum absolute atomic E-state index is 0. The second-order valence-corrected chi connectivity index (χ2v) is 7.66. The van der Waals surface area contributed by atoms with Gasteiger partial charge in [-0.2, -0.15) is 0 Å². The number of aliphatic imine (C=N–C) groups is 1. The van der Waals surface area contributed by atoms with Gasteiger partial charge in [-0.25, -0.2) is 13.1 Å². The zero-order valence-corrected chi connectivity index (χ0v) is 19.9. The number of nitrogens with zero attached hydrogens (tertiary/aromatic N) is 2. The zero-order chi connectivity index (χ0) is 20.8. The number of halogens is 1. The Bertz CT molecular complexity index is 745. The fourth-order valence-corrected chi connectivity index (χ4v) is 3.24. The van der Waals surface area contributed by atoms with E-state index < -0.39 is 14.9 Å². The van der Waals surface area contributed by atoms with Gasteiger partial charge in [0.05, 0.1) is 9.82 Å². The first-order valence-electron chi connectivity index (χ1n) is 9.17. The van der Waals surface area contributed by atoms with E-state index in [1.54, 1.807) is 7.05 Å². The van der Waals surface area contributed by atoms with E-state index in [4.69, 9.17) is 4.74 Å². The van der Waals surface area contributed by atoms with Gasteiger partial charge in [0.2, 0.25) is 10.0 Å². The lowest BCUT2D eigenvalue weighted by molar-refractivity contribution is -0.385. The van der Waals surface area contributed by atoms with E-state index in [9.17, 15) is 18.5 Å². The highest BCUT2D eigenvalue weighted by Crippen LogP contribution is 2.16. The monoisotopic (exact) mass is 543 g/mol. The fraction of sp³-hybridized carbons (Fsp3) is 0.588. The molecule has 0 amide bonds. The van der Waals surface area contributed by atoms with Gasteiger partial charge in [0.25, 0.3) is 5.69 Å². The number of rotatable bonds is 13. The average Bonchev–Trinajstić information content (AvgIpc) is 2.68. The lowest BCUT2D eigenvalue weighted by Gasteiger charge is -2.12. The molecule has 29 heavy (non-hydrogen) atoms. The number of hydrogen-bond acceptors (Lipinski definition) is 6. The molecular formula is C17H30IN5O5S. The van der Waals surface area contributed by atoms with Crippen molar-refractivity contribution in [2.45, 2.75) is 31.1 Å². The molecule has 1 rings (SSSR count). The maximum Gasteiger partial charge on any atom is 0.270 e. The highest BCUT2D eigenvalue weighted by molar-refractivity contribution is 14.0. The molecule has 3 N–H and O–H groups in total. The minimum Gasteiger partial charge on any atom is -0.381 e. The summed E-state index contributed by atoms with van der Waals surface area (Å²) >= 11 is 0. The number of ether oxygens (including phenoxy) is 1. The molecular weight excluding hydrogens is 513 g/mol. The molecule has 0 saturated carbocycles. The van der Waals surface area contributed by atoms with E-state index >= 15 is 0 Å². The van der Waals surface area contributed by atoms with Gasteiger partial charge in [-0.05, 0) is 18.9 Å². The van der Waals surface area contributed by atoms with Gasteiger partial charge >= 0.3 is 0 Å². The number of non-ortho nitro benzene ring substituents is 1. The number of benzene rings is 1. The number of unbranched alkanes of at least 4 members (excludes halogenated alkanes) is 1. The van der Waals surface area contributed by atoms with Crippen molar-refractivity contribution >= 4 is 45.6 Å². The van der Waals surface area contributed by atoms with E-state index in [1.807, 2.05) is 0 Å². The molecule has 0 aromatic heterocycles. The number of nitrogens with one attached hydrogen (secondary N) is 3. The second kappa shape index (κ2) is 15.3. The molecule has 10 nitrogen and oxygen atoms in total. The van der Waals surface area contributed by atoms with E-state index in [0.29, 0.717) is 25.7 Å². The molecule has 0 heterocycles. The number of guanidine groups is 1. The fourth-order valence-electron chi connectivity index (χ4n) is 2.16. The van der Waals surface area contributed by atoms with Crippen molar-refractivity contribution in [3.05, 3.63) is 34.4 Å². The third-order valence-electron chi connectivity index (χ3n) is 3.67. The van der Waals surface area contributed by atoms with Crippen molar-refractivity contribution in [3.8, 4) is 0 Å². The molecule has 0 unspecified atom stereocenters. The van der Waals surface area contributed by atoms with Crippen molar-refractivity contribution in [1.29, 1.82) is 0 Å². The molecule has 0 atom stereocenters. The van der Waals surface area contributed by atoms with Gasteiger partial charge < -0.3 is 15.4 Å². The van der Waals surface area contributed by atoms with Crippen LogP contribution in [0, 0.1) is 10.1 Å². The van der Waals surface area contributed by atoms with Crippen LogP contribution < -0.4 is 15.4 Å². The second-order valence-electron chi connectivity index (χ2n) is 5.90. The quantitative estimate of drug-likeness (QED) is 0.0864. The van der Waals surface area contributed by atoms with Crippen LogP contribution in [0.5, 0.6) is 0 Å². The molecule has 0 aliphatic rings. The maximum absolute atomic E-state index is 12.2. The number of hydrogen-bond donors (Lipinski definition) is 3. The normalized spacial score (nSPS) is 11.6. The molecule has 1 aromatic rings. The minimum atomic E-state index is -3.82. The molecule has 0 bridgehead atoms. The Morgan fingerprint density at radius 3 is 2.52 bits per heavy atom. The molecule has 0 saturated heterocycles. The number of nitro groups is 1. The molecule has 0 fully saturated rings. The van der Waals surface area contributed by atoms with E-state index in [0.717, 1.165) is 31.9 Å². The Labute approximate surface area is 189 Å². The summed E-state index contributed by atoms with van der Waals surface area (Å²) in [6.45, 7) is 4.66. The summed E-state index contributed by atoms with van der Waals surface area (Å²) < 4.78 is 32.3. The highest BCUT2D eigenvalue weighted by Gasteiger charge is 2.16. The molecule has 0 aliphatic carbocycles. The number of nitro benzene ring substituents is 1. The van der Waals surface area contributed by atoms with Gasteiger partial charge in [0.1, 0.15) is 0 Å². The van der Waals surface area contributed by atoms with E-state index in [1.165, 1.54) is 18.2 Å². The summed E-state index contributed by atoms with van der Waals surface area (Å²) in [5, 5.41) is 16.9. The Morgan fingerprint density at radius 1 is 1.17 bits per heavy atom. The van der Waals surface area contributed by atoms with Crippen molar-refractivity contribution in [2.75, 3.05) is 39.9 Å². The van der Waals surface area contributed by atoms with Gasteiger partial charge in [-0.15, -0.1) is 24.0 Å². The summed E-state index contributed by atoms with van der Waals surface area (Å²) in [6.07, 6.45) is 3.01. The molecule has 1 aromatic carbocycles. The van der Waals surface area contributed by atoms with Crippen LogP contribution in [0.1, 0.15) is 26.2 Å². The van der Waals surface area contributed by atoms with Gasteiger partial charge in [0.15, 0.2) is 5.96 Å². The van der Waals surface area contributed by atoms with Crippen molar-refractivity contribution in [1.82, 2.24) is 15.4 Å². The third-order valence-corrected chi connectivity index (χ3v) is 5.13. The van der Waals surface area contributed by atoms with Crippen LogP contribution in [0.4, 0.5) is 5.69 Å². The lowest BCUT2D eigenvalue weighted by Crippen LogP contribution is -2.42. The first kappa shape index (κ1) is 27.5. The Morgan fingerprint density at radius 2 is 1.86 bits per heavy atom. The SMILES string of the molecule is CCCCOCCCNC(=NC)NCCNS(=O)(=O)c1cccc([N+](=O)[O-])c1.I. The summed E-state index contributed by atoms with van der Waals surface area (Å²) in [7, 11) is -2.20. The first-order valence-corrected chi connectivity index (χ1v) is 10.7. The van der Waals surface area contributed by atoms with E-state index in [2.05, 4.69) is 27.3 Å². The summed E-state index contributed by atoms with van der Waals surface area (Å²) in [6, 6.07) is 4.92. The largest absolute Gasteiger partial charge is 0.381 e. The zero-order valence-electron chi connectivity index (χ0n) is 16.7. The Kier molecular flexibility index (Phi) is 14.5. The van der Waals surface area contributed by atoms with Gasteiger partial charge in [0, 0.05) is 52.0 Å². The van der Waals surface area contributed by atoms with E-state index in [-0.39, 0.29) is 41.1 Å². The standard InChI is InChI=1S/C17H29N5O5S.HI/c1-3-4-12-27-13-6-9-19-17(18-2)20-10-11-21-28(25,26)16-8-5-7-15(14-16)22(23)24;/h5,7-8,14,21H,3-4,6,9-13H2,1-2H3,(H2,18,19,20);1H. The van der Waals surface area contributed by atoms with Crippen LogP contribution in [-0.4, -0.2) is 59.2 Å². The maximum atomic E-state index is 12.2.